The van der Waals surface area contributed by atoms with Crippen molar-refractivity contribution in [3.8, 4) is 0 Å². The number of nitrogen functional groups attached to an aromatic ring is 1. The number of rotatable bonds is 1. The van der Waals surface area contributed by atoms with Gasteiger partial charge < -0.3 is 11.1 Å². The van der Waals surface area contributed by atoms with Crippen LogP contribution in [-0.4, -0.2) is 6.04 Å². The molecule has 0 saturated carbocycles. The first-order valence-corrected chi connectivity index (χ1v) is 6.91. The highest BCUT2D eigenvalue weighted by Gasteiger charge is 2.26. The van der Waals surface area contributed by atoms with Crippen molar-refractivity contribution in [2.24, 2.45) is 0 Å². The molecule has 1 heterocycles. The van der Waals surface area contributed by atoms with Crippen molar-refractivity contribution in [1.29, 1.82) is 0 Å². The molecule has 19 heavy (non-hydrogen) atoms. The molecular formula is C16H17ClN2. The summed E-state index contributed by atoms with van der Waals surface area (Å²) in [5, 5.41) is 4.34. The maximum atomic E-state index is 6.12. The zero-order valence-electron chi connectivity index (χ0n) is 10.9. The highest BCUT2D eigenvalue weighted by molar-refractivity contribution is 6.30. The molecule has 0 aliphatic carbocycles. The van der Waals surface area contributed by atoms with Crippen molar-refractivity contribution in [2.75, 3.05) is 5.73 Å². The van der Waals surface area contributed by atoms with Gasteiger partial charge in [0.1, 0.15) is 0 Å². The van der Waals surface area contributed by atoms with Gasteiger partial charge in [0.2, 0.25) is 0 Å². The van der Waals surface area contributed by atoms with Gasteiger partial charge in [-0.15, -0.1) is 0 Å². The molecule has 98 valence electrons. The van der Waals surface area contributed by atoms with Crippen molar-refractivity contribution < 1.29 is 0 Å². The SMILES string of the molecule is C[C@H]1Cc2ccccc2[C@@H](c2cc(Cl)ccc2N)N1. The Morgan fingerprint density at radius 2 is 1.95 bits per heavy atom. The van der Waals surface area contributed by atoms with E-state index in [-0.39, 0.29) is 6.04 Å². The minimum Gasteiger partial charge on any atom is -0.398 e. The van der Waals surface area contributed by atoms with E-state index < -0.39 is 0 Å². The van der Waals surface area contributed by atoms with Crippen molar-refractivity contribution in [3.63, 3.8) is 0 Å². The van der Waals surface area contributed by atoms with Crippen LogP contribution in [-0.2, 0) is 6.42 Å². The van der Waals surface area contributed by atoms with Crippen LogP contribution < -0.4 is 11.1 Å². The third-order valence-electron chi connectivity index (χ3n) is 3.70. The van der Waals surface area contributed by atoms with Gasteiger partial charge in [0, 0.05) is 16.8 Å². The average Bonchev–Trinajstić information content (AvgIpc) is 2.40. The van der Waals surface area contributed by atoms with Crippen LogP contribution in [0.1, 0.15) is 29.7 Å². The Labute approximate surface area is 118 Å². The first-order chi connectivity index (χ1) is 9.15. The third-order valence-corrected chi connectivity index (χ3v) is 3.94. The molecule has 0 aromatic heterocycles. The Morgan fingerprint density at radius 1 is 1.16 bits per heavy atom. The van der Waals surface area contributed by atoms with E-state index in [0.717, 1.165) is 22.7 Å². The maximum Gasteiger partial charge on any atom is 0.0602 e. The smallest absolute Gasteiger partial charge is 0.0602 e. The monoisotopic (exact) mass is 272 g/mol. The number of halogens is 1. The molecule has 2 aromatic carbocycles. The van der Waals surface area contributed by atoms with Gasteiger partial charge in [0.15, 0.2) is 0 Å². The molecule has 2 nitrogen and oxygen atoms in total. The van der Waals surface area contributed by atoms with E-state index in [9.17, 15) is 0 Å². The van der Waals surface area contributed by atoms with Gasteiger partial charge in [0.25, 0.3) is 0 Å². The molecule has 3 rings (SSSR count). The Bertz CT molecular complexity index is 609. The van der Waals surface area contributed by atoms with Crippen molar-refractivity contribution in [2.45, 2.75) is 25.4 Å². The fourth-order valence-electron chi connectivity index (χ4n) is 2.82. The summed E-state index contributed by atoms with van der Waals surface area (Å²) in [6.45, 7) is 2.20. The molecule has 0 radical (unpaired) electrons. The lowest BCUT2D eigenvalue weighted by Crippen LogP contribution is -2.38. The lowest BCUT2D eigenvalue weighted by Gasteiger charge is -2.32. The summed E-state index contributed by atoms with van der Waals surface area (Å²) in [5.41, 5.74) is 10.7. The van der Waals surface area contributed by atoms with Gasteiger partial charge in [-0.1, -0.05) is 35.9 Å². The Balaban J connectivity index is 2.12. The molecule has 2 aromatic rings. The highest BCUT2D eigenvalue weighted by Crippen LogP contribution is 2.34. The van der Waals surface area contributed by atoms with Crippen LogP contribution in [0.15, 0.2) is 42.5 Å². The molecular weight excluding hydrogens is 256 g/mol. The fraction of sp³-hybridized carbons (Fsp3) is 0.250. The van der Waals surface area contributed by atoms with Gasteiger partial charge in [-0.3, -0.25) is 0 Å². The Morgan fingerprint density at radius 3 is 2.79 bits per heavy atom. The molecule has 3 heteroatoms. The molecule has 0 amide bonds. The molecule has 0 saturated heterocycles. The Hall–Kier alpha value is -1.51. The summed E-state index contributed by atoms with van der Waals surface area (Å²) in [5.74, 6) is 0. The molecule has 1 aliphatic rings. The normalized spacial score (nSPS) is 22.0. The maximum absolute atomic E-state index is 6.12. The van der Waals surface area contributed by atoms with Crippen molar-refractivity contribution in [3.05, 3.63) is 64.2 Å². The summed E-state index contributed by atoms with van der Waals surface area (Å²) < 4.78 is 0. The third kappa shape index (κ3) is 2.34. The zero-order chi connectivity index (χ0) is 13.4. The molecule has 0 fully saturated rings. The number of fused-ring (bicyclic) bond motifs is 1. The number of anilines is 1. The predicted octanol–water partition coefficient (Wildman–Crippen LogP) is 3.55. The van der Waals surface area contributed by atoms with E-state index in [1.54, 1.807) is 0 Å². The topological polar surface area (TPSA) is 38.0 Å². The van der Waals surface area contributed by atoms with E-state index in [0.29, 0.717) is 6.04 Å². The quantitative estimate of drug-likeness (QED) is 0.779. The standard InChI is InChI=1S/C16H17ClN2/c1-10-8-11-4-2-3-5-13(11)16(19-10)14-9-12(17)6-7-15(14)18/h2-7,9-10,16,19H,8,18H2,1H3/t10-,16-/m0/s1. The van der Waals surface area contributed by atoms with E-state index >= 15 is 0 Å². The Kier molecular flexibility index (Phi) is 3.21. The van der Waals surface area contributed by atoms with Crippen LogP contribution in [0.4, 0.5) is 5.69 Å². The van der Waals surface area contributed by atoms with E-state index in [4.69, 9.17) is 17.3 Å². The lowest BCUT2D eigenvalue weighted by atomic mass is 9.86. The van der Waals surface area contributed by atoms with E-state index in [2.05, 4.69) is 36.5 Å². The molecule has 2 atom stereocenters. The van der Waals surface area contributed by atoms with Gasteiger partial charge in [-0.2, -0.15) is 0 Å². The number of nitrogens with two attached hydrogens (primary N) is 1. The predicted molar refractivity (Wildman–Crippen MR) is 80.5 cm³/mol. The first kappa shape index (κ1) is 12.5. The minimum absolute atomic E-state index is 0.124. The van der Waals surface area contributed by atoms with Gasteiger partial charge in [-0.05, 0) is 48.2 Å². The van der Waals surface area contributed by atoms with Crippen LogP contribution in [0.2, 0.25) is 5.02 Å². The second-order valence-electron chi connectivity index (χ2n) is 5.18. The molecule has 0 spiro atoms. The van der Waals surface area contributed by atoms with Crippen LogP contribution in [0.5, 0.6) is 0 Å². The largest absolute Gasteiger partial charge is 0.398 e. The van der Waals surface area contributed by atoms with Gasteiger partial charge in [0.05, 0.1) is 6.04 Å². The minimum atomic E-state index is 0.124. The van der Waals surface area contributed by atoms with Crippen molar-refractivity contribution in [1.82, 2.24) is 5.32 Å². The van der Waals surface area contributed by atoms with Crippen LogP contribution in [0.25, 0.3) is 0 Å². The van der Waals surface area contributed by atoms with E-state index in [1.165, 1.54) is 11.1 Å². The number of hydrogen-bond acceptors (Lipinski definition) is 2. The number of benzene rings is 2. The average molecular weight is 273 g/mol. The first-order valence-electron chi connectivity index (χ1n) is 6.54. The second kappa shape index (κ2) is 4.87. The molecule has 0 unspecified atom stereocenters. The molecule has 0 bridgehead atoms. The summed E-state index contributed by atoms with van der Waals surface area (Å²) in [6, 6.07) is 14.7. The number of nitrogens with one attached hydrogen (secondary N) is 1. The van der Waals surface area contributed by atoms with Gasteiger partial charge >= 0.3 is 0 Å². The van der Waals surface area contributed by atoms with E-state index in [1.807, 2.05) is 18.2 Å². The highest BCUT2D eigenvalue weighted by atomic mass is 35.5. The zero-order valence-corrected chi connectivity index (χ0v) is 11.6. The van der Waals surface area contributed by atoms with Crippen LogP contribution in [0, 0.1) is 0 Å². The van der Waals surface area contributed by atoms with Crippen molar-refractivity contribution >= 4 is 17.3 Å². The van der Waals surface area contributed by atoms with Crippen LogP contribution in [0.3, 0.4) is 0 Å². The lowest BCUT2D eigenvalue weighted by molar-refractivity contribution is 0.465. The summed E-state index contributed by atoms with van der Waals surface area (Å²) in [4.78, 5) is 0. The van der Waals surface area contributed by atoms with Crippen LogP contribution >= 0.6 is 11.6 Å². The molecule has 1 aliphatic heterocycles. The van der Waals surface area contributed by atoms with Gasteiger partial charge in [-0.25, -0.2) is 0 Å². The summed E-state index contributed by atoms with van der Waals surface area (Å²) in [6.07, 6.45) is 1.05. The second-order valence-corrected chi connectivity index (χ2v) is 5.61. The molecule has 3 N–H and O–H groups in total. The summed E-state index contributed by atoms with van der Waals surface area (Å²) >= 11 is 6.12. The fourth-order valence-corrected chi connectivity index (χ4v) is 3.00. The summed E-state index contributed by atoms with van der Waals surface area (Å²) in [7, 11) is 0. The number of hydrogen-bond donors (Lipinski definition) is 2.